The van der Waals surface area contributed by atoms with Crippen LogP contribution in [-0.4, -0.2) is 11.6 Å². The van der Waals surface area contributed by atoms with Gasteiger partial charge in [-0.2, -0.15) is 15.5 Å². The molecule has 0 fully saturated rings. The Hall–Kier alpha value is -0.910. The largest absolute Gasteiger partial charge is 0.196 e. The Labute approximate surface area is 125 Å². The third-order valence-electron chi connectivity index (χ3n) is 3.53. The highest BCUT2D eigenvalue weighted by Gasteiger charge is 2.16. The number of rotatable bonds is 12. The molecule has 0 saturated heterocycles. The molecular formula is C17H33N3. The molecule has 0 bridgehead atoms. The van der Waals surface area contributed by atoms with E-state index in [-0.39, 0.29) is 0 Å². The van der Waals surface area contributed by atoms with Gasteiger partial charge in [-0.3, -0.25) is 0 Å². The minimum atomic E-state index is -0.676. The van der Waals surface area contributed by atoms with Gasteiger partial charge in [-0.25, -0.2) is 0 Å². The first-order valence-corrected chi connectivity index (χ1v) is 8.39. The summed E-state index contributed by atoms with van der Waals surface area (Å²) in [6, 6.07) is 2.51. The summed E-state index contributed by atoms with van der Waals surface area (Å²) in [5.74, 6) is 0. The van der Waals surface area contributed by atoms with E-state index in [1.807, 2.05) is 13.8 Å². The predicted molar refractivity (Wildman–Crippen MR) is 85.9 cm³/mol. The van der Waals surface area contributed by atoms with Gasteiger partial charge >= 0.3 is 0 Å². The van der Waals surface area contributed by atoms with E-state index in [4.69, 9.17) is 5.26 Å². The highest BCUT2D eigenvalue weighted by molar-refractivity contribution is 4.99. The van der Waals surface area contributed by atoms with E-state index in [1.165, 1.54) is 51.4 Å². The van der Waals surface area contributed by atoms with E-state index in [0.29, 0.717) is 6.04 Å². The summed E-state index contributed by atoms with van der Waals surface area (Å²) < 4.78 is 0. The van der Waals surface area contributed by atoms with E-state index in [1.54, 1.807) is 0 Å². The van der Waals surface area contributed by atoms with Gasteiger partial charge < -0.3 is 0 Å². The number of nitrogens with zero attached hydrogens (tertiary/aromatic N) is 3. The first kappa shape index (κ1) is 19.1. The van der Waals surface area contributed by atoms with Crippen molar-refractivity contribution >= 4 is 0 Å². The van der Waals surface area contributed by atoms with Gasteiger partial charge in [0.1, 0.15) is 0 Å². The lowest BCUT2D eigenvalue weighted by Crippen LogP contribution is -2.14. The number of hydrogen-bond acceptors (Lipinski definition) is 3. The van der Waals surface area contributed by atoms with Crippen molar-refractivity contribution in [1.82, 2.24) is 0 Å². The Kier molecular flexibility index (Phi) is 11.3. The molecule has 0 aliphatic carbocycles. The van der Waals surface area contributed by atoms with Crippen LogP contribution in [0.5, 0.6) is 0 Å². The molecule has 0 radical (unpaired) electrons. The van der Waals surface area contributed by atoms with Crippen LogP contribution in [0.25, 0.3) is 0 Å². The Morgan fingerprint density at radius 2 is 1.40 bits per heavy atom. The van der Waals surface area contributed by atoms with Crippen LogP contribution in [0.4, 0.5) is 0 Å². The molecule has 3 heteroatoms. The smallest absolute Gasteiger partial charge is 0.161 e. The second-order valence-electron chi connectivity index (χ2n) is 6.24. The van der Waals surface area contributed by atoms with Crippen LogP contribution in [0.2, 0.25) is 0 Å². The molecule has 0 spiro atoms. The molecule has 116 valence electrons. The molecule has 0 aromatic heterocycles. The summed E-state index contributed by atoms with van der Waals surface area (Å²) in [6.07, 6.45) is 12.4. The molecule has 0 aliphatic rings. The quantitative estimate of drug-likeness (QED) is 0.317. The zero-order valence-electron chi connectivity index (χ0n) is 14.0. The SMILES string of the molecule is CCCCCCC(CCCCCC)N=NC(C)(C)C#N. The van der Waals surface area contributed by atoms with Crippen LogP contribution in [0.15, 0.2) is 10.2 Å². The summed E-state index contributed by atoms with van der Waals surface area (Å²) in [7, 11) is 0. The average molecular weight is 279 g/mol. The van der Waals surface area contributed by atoms with Crippen molar-refractivity contribution in [1.29, 1.82) is 5.26 Å². The molecule has 0 aliphatic heterocycles. The Bertz CT molecular complexity index is 277. The molecule has 0 rings (SSSR count). The van der Waals surface area contributed by atoms with Crippen LogP contribution in [0.3, 0.4) is 0 Å². The molecule has 0 aromatic carbocycles. The molecule has 3 nitrogen and oxygen atoms in total. The minimum Gasteiger partial charge on any atom is -0.196 e. The zero-order valence-corrected chi connectivity index (χ0v) is 14.0. The van der Waals surface area contributed by atoms with Crippen LogP contribution in [-0.2, 0) is 0 Å². The fraction of sp³-hybridized carbons (Fsp3) is 0.941. The summed E-state index contributed by atoms with van der Waals surface area (Å²) in [4.78, 5) is 0. The van der Waals surface area contributed by atoms with Crippen LogP contribution < -0.4 is 0 Å². The number of azo groups is 1. The first-order valence-electron chi connectivity index (χ1n) is 8.39. The molecule has 0 heterocycles. The van der Waals surface area contributed by atoms with Crippen molar-refractivity contribution in [3.8, 4) is 6.07 Å². The second kappa shape index (κ2) is 11.9. The highest BCUT2D eigenvalue weighted by atomic mass is 15.2. The monoisotopic (exact) mass is 279 g/mol. The van der Waals surface area contributed by atoms with Gasteiger partial charge in [0.05, 0.1) is 12.1 Å². The van der Waals surface area contributed by atoms with Crippen molar-refractivity contribution in [2.45, 2.75) is 103 Å². The summed E-state index contributed by atoms with van der Waals surface area (Å²) in [5, 5.41) is 17.7. The van der Waals surface area contributed by atoms with Crippen molar-refractivity contribution in [3.63, 3.8) is 0 Å². The lowest BCUT2D eigenvalue weighted by atomic mass is 10.0. The van der Waals surface area contributed by atoms with E-state index in [2.05, 4.69) is 30.1 Å². The Morgan fingerprint density at radius 3 is 1.80 bits per heavy atom. The highest BCUT2D eigenvalue weighted by Crippen LogP contribution is 2.18. The lowest BCUT2D eigenvalue weighted by Gasteiger charge is -2.13. The maximum Gasteiger partial charge on any atom is 0.161 e. The fourth-order valence-corrected chi connectivity index (χ4v) is 2.12. The average Bonchev–Trinajstić information content (AvgIpc) is 2.44. The standard InChI is InChI=1S/C17H33N3/c1-5-7-9-11-13-16(14-12-10-8-6-2)19-20-17(3,4)15-18/h16H,5-14H2,1-4H3. The van der Waals surface area contributed by atoms with Gasteiger partial charge in [-0.1, -0.05) is 65.2 Å². The topological polar surface area (TPSA) is 48.5 Å². The molecule has 0 amide bonds. The summed E-state index contributed by atoms with van der Waals surface area (Å²) in [6.45, 7) is 8.11. The van der Waals surface area contributed by atoms with Gasteiger partial charge in [-0.05, 0) is 26.7 Å². The molecule has 0 saturated carbocycles. The normalized spacial score (nSPS) is 12.2. The van der Waals surface area contributed by atoms with Crippen LogP contribution in [0, 0.1) is 11.3 Å². The van der Waals surface area contributed by atoms with Crippen molar-refractivity contribution in [2.24, 2.45) is 10.2 Å². The van der Waals surface area contributed by atoms with Crippen molar-refractivity contribution in [2.75, 3.05) is 0 Å². The third-order valence-corrected chi connectivity index (χ3v) is 3.53. The molecule has 0 unspecified atom stereocenters. The van der Waals surface area contributed by atoms with E-state index in [0.717, 1.165) is 12.8 Å². The molecule has 0 aromatic rings. The van der Waals surface area contributed by atoms with Gasteiger partial charge in [-0.15, -0.1) is 0 Å². The van der Waals surface area contributed by atoms with Crippen LogP contribution >= 0.6 is 0 Å². The van der Waals surface area contributed by atoms with Crippen molar-refractivity contribution < 1.29 is 0 Å². The lowest BCUT2D eigenvalue weighted by molar-refractivity contribution is 0.461. The maximum atomic E-state index is 9.00. The van der Waals surface area contributed by atoms with E-state index >= 15 is 0 Å². The minimum absolute atomic E-state index is 0.316. The Balaban J connectivity index is 4.20. The van der Waals surface area contributed by atoms with Gasteiger partial charge in [0.25, 0.3) is 0 Å². The predicted octanol–water partition coefficient (Wildman–Crippen LogP) is 6.05. The number of nitriles is 1. The first-order chi connectivity index (χ1) is 9.55. The maximum absolute atomic E-state index is 9.00. The summed E-state index contributed by atoms with van der Waals surface area (Å²) in [5.41, 5.74) is -0.676. The van der Waals surface area contributed by atoms with Crippen molar-refractivity contribution in [3.05, 3.63) is 0 Å². The van der Waals surface area contributed by atoms with E-state index in [9.17, 15) is 0 Å². The summed E-state index contributed by atoms with van der Waals surface area (Å²) >= 11 is 0. The molecule has 0 N–H and O–H groups in total. The zero-order chi connectivity index (χ0) is 15.3. The fourth-order valence-electron chi connectivity index (χ4n) is 2.12. The van der Waals surface area contributed by atoms with E-state index < -0.39 is 5.54 Å². The Morgan fingerprint density at radius 1 is 0.900 bits per heavy atom. The number of unbranched alkanes of at least 4 members (excludes halogenated alkanes) is 6. The molecule has 20 heavy (non-hydrogen) atoms. The molecular weight excluding hydrogens is 246 g/mol. The third kappa shape index (κ3) is 11.0. The second-order valence-corrected chi connectivity index (χ2v) is 6.24. The number of hydrogen-bond donors (Lipinski definition) is 0. The van der Waals surface area contributed by atoms with Gasteiger partial charge in [0.15, 0.2) is 5.54 Å². The van der Waals surface area contributed by atoms with Gasteiger partial charge in [0.2, 0.25) is 0 Å². The van der Waals surface area contributed by atoms with Crippen LogP contribution in [0.1, 0.15) is 91.9 Å². The molecule has 0 atom stereocenters. The van der Waals surface area contributed by atoms with Gasteiger partial charge in [0, 0.05) is 0 Å².